The SMILES string of the molecule is CCN1CCN(C(=O)c2cc(NCCc3ccc(Cl)cc3)ncn2)CC1. The van der Waals surface area contributed by atoms with Crippen molar-refractivity contribution < 1.29 is 4.79 Å². The second-order valence-electron chi connectivity index (χ2n) is 6.32. The van der Waals surface area contributed by atoms with E-state index < -0.39 is 0 Å². The van der Waals surface area contributed by atoms with Crippen LogP contribution in [0.1, 0.15) is 23.0 Å². The zero-order chi connectivity index (χ0) is 18.4. The van der Waals surface area contributed by atoms with Gasteiger partial charge in [0, 0.05) is 43.8 Å². The molecule has 138 valence electrons. The molecule has 0 unspecified atom stereocenters. The van der Waals surface area contributed by atoms with Crippen molar-refractivity contribution >= 4 is 23.3 Å². The predicted octanol–water partition coefficient (Wildman–Crippen LogP) is 2.56. The van der Waals surface area contributed by atoms with Crippen molar-refractivity contribution in [1.82, 2.24) is 19.8 Å². The molecule has 1 aromatic carbocycles. The molecule has 1 aliphatic rings. The predicted molar refractivity (Wildman–Crippen MR) is 104 cm³/mol. The number of benzene rings is 1. The maximum Gasteiger partial charge on any atom is 0.272 e. The fraction of sp³-hybridized carbons (Fsp3) is 0.421. The molecule has 26 heavy (non-hydrogen) atoms. The van der Waals surface area contributed by atoms with E-state index in [1.807, 2.05) is 29.2 Å². The molecule has 0 saturated carbocycles. The normalized spacial score (nSPS) is 15.1. The first-order chi connectivity index (χ1) is 12.7. The minimum absolute atomic E-state index is 0.0242. The Hall–Kier alpha value is -2.18. The lowest BCUT2D eigenvalue weighted by Crippen LogP contribution is -2.48. The van der Waals surface area contributed by atoms with E-state index in [0.29, 0.717) is 11.5 Å². The summed E-state index contributed by atoms with van der Waals surface area (Å²) in [4.78, 5) is 25.2. The highest BCUT2D eigenvalue weighted by Gasteiger charge is 2.22. The van der Waals surface area contributed by atoms with Crippen LogP contribution < -0.4 is 5.32 Å². The summed E-state index contributed by atoms with van der Waals surface area (Å²) in [6.45, 7) is 7.22. The van der Waals surface area contributed by atoms with Crippen molar-refractivity contribution in [3.8, 4) is 0 Å². The molecule has 1 fully saturated rings. The average molecular weight is 374 g/mol. The maximum atomic E-state index is 12.7. The Morgan fingerprint density at radius 3 is 2.58 bits per heavy atom. The van der Waals surface area contributed by atoms with Crippen molar-refractivity contribution in [3.05, 3.63) is 52.9 Å². The van der Waals surface area contributed by atoms with Crippen LogP contribution in [0.2, 0.25) is 5.02 Å². The van der Waals surface area contributed by atoms with Crippen LogP contribution >= 0.6 is 11.6 Å². The summed E-state index contributed by atoms with van der Waals surface area (Å²) >= 11 is 5.90. The average Bonchev–Trinajstić information content (AvgIpc) is 2.69. The molecule has 3 rings (SSSR count). The van der Waals surface area contributed by atoms with Crippen LogP contribution in [0.3, 0.4) is 0 Å². The first kappa shape index (κ1) is 18.6. The highest BCUT2D eigenvalue weighted by molar-refractivity contribution is 6.30. The summed E-state index contributed by atoms with van der Waals surface area (Å²) in [5.74, 6) is 0.647. The van der Waals surface area contributed by atoms with Gasteiger partial charge in [-0.15, -0.1) is 0 Å². The monoisotopic (exact) mass is 373 g/mol. The van der Waals surface area contributed by atoms with Gasteiger partial charge in [-0.2, -0.15) is 0 Å². The number of anilines is 1. The number of nitrogens with one attached hydrogen (secondary N) is 1. The van der Waals surface area contributed by atoms with Crippen molar-refractivity contribution in [2.75, 3.05) is 44.6 Å². The number of rotatable bonds is 6. The van der Waals surface area contributed by atoms with Crippen LogP contribution in [0, 0.1) is 0 Å². The van der Waals surface area contributed by atoms with Crippen LogP contribution in [-0.2, 0) is 6.42 Å². The Morgan fingerprint density at radius 1 is 1.15 bits per heavy atom. The standard InChI is InChI=1S/C19H24ClN5O/c1-2-24-9-11-25(12-10-24)19(26)17-13-18(23-14-22-17)21-8-7-15-3-5-16(20)6-4-15/h3-6,13-14H,2,7-12H2,1H3,(H,21,22,23). The van der Waals surface area contributed by atoms with Gasteiger partial charge in [-0.05, 0) is 30.7 Å². The molecule has 2 aromatic rings. The highest BCUT2D eigenvalue weighted by Crippen LogP contribution is 2.12. The summed E-state index contributed by atoms with van der Waals surface area (Å²) in [6, 6.07) is 9.52. The van der Waals surface area contributed by atoms with Gasteiger partial charge in [-0.25, -0.2) is 9.97 Å². The molecule has 0 atom stereocenters. The third kappa shape index (κ3) is 4.93. The molecular weight excluding hydrogens is 350 g/mol. The topological polar surface area (TPSA) is 61.4 Å². The molecule has 7 heteroatoms. The number of halogens is 1. The Balaban J connectivity index is 1.54. The molecule has 6 nitrogen and oxygen atoms in total. The fourth-order valence-corrected chi connectivity index (χ4v) is 3.11. The van der Waals surface area contributed by atoms with Gasteiger partial charge in [-0.1, -0.05) is 30.7 Å². The second-order valence-corrected chi connectivity index (χ2v) is 6.75. The number of hydrogen-bond acceptors (Lipinski definition) is 5. The lowest BCUT2D eigenvalue weighted by Gasteiger charge is -2.33. The van der Waals surface area contributed by atoms with E-state index in [-0.39, 0.29) is 5.91 Å². The summed E-state index contributed by atoms with van der Waals surface area (Å²) in [5, 5.41) is 4.00. The van der Waals surface area contributed by atoms with Gasteiger partial charge in [0.25, 0.3) is 5.91 Å². The molecule has 0 aliphatic carbocycles. The van der Waals surface area contributed by atoms with Gasteiger partial charge >= 0.3 is 0 Å². The fourth-order valence-electron chi connectivity index (χ4n) is 2.99. The summed E-state index contributed by atoms with van der Waals surface area (Å²) in [6.07, 6.45) is 2.30. The Labute approximate surface area is 159 Å². The van der Waals surface area contributed by atoms with E-state index in [4.69, 9.17) is 11.6 Å². The number of hydrogen-bond donors (Lipinski definition) is 1. The van der Waals surface area contributed by atoms with Crippen LogP contribution in [-0.4, -0.2) is 64.9 Å². The number of carbonyl (C=O) groups is 1. The van der Waals surface area contributed by atoms with Gasteiger partial charge in [0.15, 0.2) is 0 Å². The van der Waals surface area contributed by atoms with E-state index >= 15 is 0 Å². The Morgan fingerprint density at radius 2 is 1.88 bits per heavy atom. The molecule has 1 amide bonds. The smallest absolute Gasteiger partial charge is 0.272 e. The van der Waals surface area contributed by atoms with E-state index in [1.165, 1.54) is 11.9 Å². The third-order valence-electron chi connectivity index (χ3n) is 4.63. The number of piperazine rings is 1. The summed E-state index contributed by atoms with van der Waals surface area (Å²) < 4.78 is 0. The van der Waals surface area contributed by atoms with E-state index in [9.17, 15) is 4.79 Å². The maximum absolute atomic E-state index is 12.7. The number of carbonyl (C=O) groups excluding carboxylic acids is 1. The summed E-state index contributed by atoms with van der Waals surface area (Å²) in [7, 11) is 0. The molecule has 1 saturated heterocycles. The molecule has 2 heterocycles. The van der Waals surface area contributed by atoms with E-state index in [0.717, 1.165) is 50.7 Å². The minimum Gasteiger partial charge on any atom is -0.370 e. The first-order valence-corrected chi connectivity index (χ1v) is 9.35. The zero-order valence-corrected chi connectivity index (χ0v) is 15.7. The van der Waals surface area contributed by atoms with Crippen LogP contribution in [0.25, 0.3) is 0 Å². The van der Waals surface area contributed by atoms with Gasteiger partial charge in [-0.3, -0.25) is 4.79 Å². The van der Waals surface area contributed by atoms with E-state index in [1.54, 1.807) is 6.07 Å². The minimum atomic E-state index is -0.0242. The zero-order valence-electron chi connectivity index (χ0n) is 15.0. The number of amides is 1. The van der Waals surface area contributed by atoms with Gasteiger partial charge in [0.05, 0.1) is 0 Å². The molecule has 1 N–H and O–H groups in total. The number of nitrogens with zero attached hydrogens (tertiary/aromatic N) is 4. The Kier molecular flexibility index (Phi) is 6.41. The van der Waals surface area contributed by atoms with Gasteiger partial charge in [0.2, 0.25) is 0 Å². The van der Waals surface area contributed by atoms with Crippen molar-refractivity contribution in [2.45, 2.75) is 13.3 Å². The van der Waals surface area contributed by atoms with Crippen molar-refractivity contribution in [2.24, 2.45) is 0 Å². The van der Waals surface area contributed by atoms with Crippen LogP contribution in [0.5, 0.6) is 0 Å². The molecule has 1 aromatic heterocycles. The first-order valence-electron chi connectivity index (χ1n) is 8.97. The lowest BCUT2D eigenvalue weighted by atomic mass is 10.1. The van der Waals surface area contributed by atoms with Crippen LogP contribution in [0.4, 0.5) is 5.82 Å². The second kappa shape index (κ2) is 8.96. The summed E-state index contributed by atoms with van der Waals surface area (Å²) in [5.41, 5.74) is 1.64. The molecule has 1 aliphatic heterocycles. The highest BCUT2D eigenvalue weighted by atomic mass is 35.5. The van der Waals surface area contributed by atoms with E-state index in [2.05, 4.69) is 27.1 Å². The largest absolute Gasteiger partial charge is 0.370 e. The van der Waals surface area contributed by atoms with Gasteiger partial charge < -0.3 is 15.1 Å². The molecular formula is C19H24ClN5O. The van der Waals surface area contributed by atoms with Crippen LogP contribution in [0.15, 0.2) is 36.7 Å². The quantitative estimate of drug-likeness (QED) is 0.843. The number of aromatic nitrogens is 2. The molecule has 0 bridgehead atoms. The molecule has 0 spiro atoms. The van der Waals surface area contributed by atoms with Crippen molar-refractivity contribution in [3.63, 3.8) is 0 Å². The third-order valence-corrected chi connectivity index (χ3v) is 4.88. The lowest BCUT2D eigenvalue weighted by molar-refractivity contribution is 0.0637. The number of likely N-dealkylation sites (N-methyl/N-ethyl adjacent to an activating group) is 1. The van der Waals surface area contributed by atoms with Crippen molar-refractivity contribution in [1.29, 1.82) is 0 Å². The van der Waals surface area contributed by atoms with Gasteiger partial charge in [0.1, 0.15) is 17.8 Å². The Bertz CT molecular complexity index is 729. The molecule has 0 radical (unpaired) electrons.